The van der Waals surface area contributed by atoms with Crippen molar-refractivity contribution in [1.29, 1.82) is 0 Å². The zero-order valence-electron chi connectivity index (χ0n) is 17.1. The summed E-state index contributed by atoms with van der Waals surface area (Å²) in [6.45, 7) is 6.78. The van der Waals surface area contributed by atoms with Crippen LogP contribution in [0, 0.1) is 6.92 Å². The Labute approximate surface area is 168 Å². The Balaban J connectivity index is 1.54. The lowest BCUT2D eigenvalue weighted by molar-refractivity contribution is 0.0865. The Kier molecular flexibility index (Phi) is 7.06. The number of methoxy groups -OCH3 is 1. The number of nitrogens with one attached hydrogen (secondary N) is 1. The fraction of sp³-hybridized carbons (Fsp3) is 0.435. The highest BCUT2D eigenvalue weighted by Crippen LogP contribution is 2.25. The fourth-order valence-electron chi connectivity index (χ4n) is 3.79. The van der Waals surface area contributed by atoms with Gasteiger partial charge in [-0.25, -0.2) is 0 Å². The van der Waals surface area contributed by atoms with Crippen LogP contribution in [0.5, 0.6) is 5.75 Å². The van der Waals surface area contributed by atoms with Crippen LogP contribution in [0.25, 0.3) is 0 Å². The first-order valence-corrected chi connectivity index (χ1v) is 9.99. The molecule has 2 aromatic carbocycles. The Morgan fingerprint density at radius 1 is 1.18 bits per heavy atom. The molecule has 0 aliphatic carbocycles. The second-order valence-electron chi connectivity index (χ2n) is 7.54. The molecular weight excluding hydrogens is 350 g/mol. The van der Waals surface area contributed by atoms with Crippen LogP contribution in [0.4, 0.5) is 0 Å². The second-order valence-corrected chi connectivity index (χ2v) is 7.54. The molecule has 0 bridgehead atoms. The van der Waals surface area contributed by atoms with Crippen molar-refractivity contribution in [1.82, 2.24) is 15.1 Å². The van der Waals surface area contributed by atoms with Crippen molar-refractivity contribution < 1.29 is 9.53 Å². The van der Waals surface area contributed by atoms with Crippen molar-refractivity contribution in [3.05, 3.63) is 65.2 Å². The molecule has 150 valence electrons. The van der Waals surface area contributed by atoms with E-state index >= 15 is 0 Å². The van der Waals surface area contributed by atoms with Gasteiger partial charge in [-0.3, -0.25) is 9.69 Å². The van der Waals surface area contributed by atoms with Crippen molar-refractivity contribution in [3.63, 3.8) is 0 Å². The van der Waals surface area contributed by atoms with Gasteiger partial charge < -0.3 is 15.0 Å². The van der Waals surface area contributed by atoms with Crippen LogP contribution in [-0.4, -0.2) is 62.6 Å². The maximum absolute atomic E-state index is 12.5. The molecule has 1 atom stereocenters. The van der Waals surface area contributed by atoms with Crippen molar-refractivity contribution in [3.8, 4) is 5.75 Å². The predicted molar refractivity (Wildman–Crippen MR) is 113 cm³/mol. The van der Waals surface area contributed by atoms with Crippen molar-refractivity contribution in [2.24, 2.45) is 0 Å². The van der Waals surface area contributed by atoms with E-state index in [-0.39, 0.29) is 5.91 Å². The first kappa shape index (κ1) is 20.4. The third-order valence-electron chi connectivity index (χ3n) is 5.39. The van der Waals surface area contributed by atoms with E-state index in [1.165, 1.54) is 5.56 Å². The third kappa shape index (κ3) is 5.12. The van der Waals surface area contributed by atoms with E-state index < -0.39 is 0 Å². The molecular formula is C23H31N3O2. The number of aryl methyl sites for hydroxylation is 1. The second kappa shape index (κ2) is 9.71. The molecule has 5 heteroatoms. The van der Waals surface area contributed by atoms with Crippen LogP contribution < -0.4 is 10.1 Å². The van der Waals surface area contributed by atoms with E-state index in [2.05, 4.69) is 52.5 Å². The lowest BCUT2D eigenvalue weighted by Gasteiger charge is -2.40. The highest BCUT2D eigenvalue weighted by Gasteiger charge is 2.26. The quantitative estimate of drug-likeness (QED) is 0.749. The van der Waals surface area contributed by atoms with Gasteiger partial charge in [0, 0.05) is 38.8 Å². The first-order chi connectivity index (χ1) is 13.6. The molecule has 2 aromatic rings. The summed E-state index contributed by atoms with van der Waals surface area (Å²) in [6.07, 6.45) is 0.924. The summed E-state index contributed by atoms with van der Waals surface area (Å²) in [5.41, 5.74) is 3.01. The number of nitrogens with zero attached hydrogens (tertiary/aromatic N) is 2. The molecule has 1 amide bonds. The van der Waals surface area contributed by atoms with Gasteiger partial charge in [0.1, 0.15) is 5.75 Å². The Hall–Kier alpha value is -2.37. The van der Waals surface area contributed by atoms with Gasteiger partial charge in [-0.1, -0.05) is 42.0 Å². The maximum Gasteiger partial charge on any atom is 0.255 e. The standard InChI is InChI=1S/C23H31N3O2/c1-18-10-11-22(28-3)20(16-18)23(27)24-12-7-13-26-15-14-25(2)17-21(26)19-8-5-4-6-9-19/h4-6,8-11,16,21H,7,12-15,17H2,1-3H3,(H,24,27). The lowest BCUT2D eigenvalue weighted by atomic mass is 10.0. The van der Waals surface area contributed by atoms with Gasteiger partial charge in [0.15, 0.2) is 0 Å². The van der Waals surface area contributed by atoms with E-state index in [0.29, 0.717) is 23.9 Å². The molecule has 1 heterocycles. The Morgan fingerprint density at radius 2 is 1.96 bits per heavy atom. The molecule has 1 saturated heterocycles. The maximum atomic E-state index is 12.5. The van der Waals surface area contributed by atoms with Crippen LogP contribution in [0.2, 0.25) is 0 Å². The van der Waals surface area contributed by atoms with Gasteiger partial charge in [-0.15, -0.1) is 0 Å². The molecule has 0 radical (unpaired) electrons. The third-order valence-corrected chi connectivity index (χ3v) is 5.39. The zero-order chi connectivity index (χ0) is 19.9. The number of benzene rings is 2. The van der Waals surface area contributed by atoms with E-state index in [9.17, 15) is 4.79 Å². The number of rotatable bonds is 7. The molecule has 1 fully saturated rings. The Bertz CT molecular complexity index is 779. The first-order valence-electron chi connectivity index (χ1n) is 9.99. The average molecular weight is 382 g/mol. The highest BCUT2D eigenvalue weighted by atomic mass is 16.5. The topological polar surface area (TPSA) is 44.8 Å². The smallest absolute Gasteiger partial charge is 0.255 e. The van der Waals surface area contributed by atoms with Crippen molar-refractivity contribution in [2.75, 3.05) is 46.9 Å². The van der Waals surface area contributed by atoms with Crippen LogP contribution >= 0.6 is 0 Å². The van der Waals surface area contributed by atoms with Crippen LogP contribution in [0.3, 0.4) is 0 Å². The van der Waals surface area contributed by atoms with Crippen LogP contribution in [-0.2, 0) is 0 Å². The average Bonchev–Trinajstić information content (AvgIpc) is 2.72. The van der Waals surface area contributed by atoms with Crippen LogP contribution in [0.1, 0.15) is 33.9 Å². The van der Waals surface area contributed by atoms with Gasteiger partial charge in [0.25, 0.3) is 5.91 Å². The van der Waals surface area contributed by atoms with Gasteiger partial charge in [0.05, 0.1) is 12.7 Å². The minimum Gasteiger partial charge on any atom is -0.496 e. The number of hydrogen-bond acceptors (Lipinski definition) is 4. The molecule has 1 aliphatic rings. The summed E-state index contributed by atoms with van der Waals surface area (Å²) < 4.78 is 5.32. The van der Waals surface area contributed by atoms with Gasteiger partial charge in [0.2, 0.25) is 0 Å². The number of carbonyl (C=O) groups excluding carboxylic acids is 1. The number of piperazine rings is 1. The van der Waals surface area contributed by atoms with Crippen LogP contribution in [0.15, 0.2) is 48.5 Å². The molecule has 28 heavy (non-hydrogen) atoms. The Morgan fingerprint density at radius 3 is 2.71 bits per heavy atom. The molecule has 1 unspecified atom stereocenters. The summed E-state index contributed by atoms with van der Waals surface area (Å²) in [5.74, 6) is 0.546. The number of hydrogen-bond donors (Lipinski definition) is 1. The summed E-state index contributed by atoms with van der Waals surface area (Å²) in [6, 6.07) is 16.8. The van der Waals surface area contributed by atoms with E-state index in [0.717, 1.165) is 38.2 Å². The van der Waals surface area contributed by atoms with Gasteiger partial charge in [-0.05, 0) is 38.1 Å². The molecule has 0 saturated carbocycles. The normalized spacial score (nSPS) is 18.0. The number of ether oxygens (including phenoxy) is 1. The molecule has 0 spiro atoms. The summed E-state index contributed by atoms with van der Waals surface area (Å²) in [5, 5.41) is 3.05. The number of likely N-dealkylation sites (N-methyl/N-ethyl adjacent to an activating group) is 1. The monoisotopic (exact) mass is 381 g/mol. The summed E-state index contributed by atoms with van der Waals surface area (Å²) in [7, 11) is 3.78. The van der Waals surface area contributed by atoms with Crippen molar-refractivity contribution in [2.45, 2.75) is 19.4 Å². The van der Waals surface area contributed by atoms with Crippen molar-refractivity contribution >= 4 is 5.91 Å². The lowest BCUT2D eigenvalue weighted by Crippen LogP contribution is -2.47. The van der Waals surface area contributed by atoms with E-state index in [4.69, 9.17) is 4.74 Å². The number of carbonyl (C=O) groups is 1. The summed E-state index contributed by atoms with van der Waals surface area (Å²) in [4.78, 5) is 17.5. The zero-order valence-corrected chi connectivity index (χ0v) is 17.1. The van der Waals surface area contributed by atoms with E-state index in [1.807, 2.05) is 25.1 Å². The van der Waals surface area contributed by atoms with E-state index in [1.54, 1.807) is 7.11 Å². The molecule has 1 aliphatic heterocycles. The number of amides is 1. The fourth-order valence-corrected chi connectivity index (χ4v) is 3.79. The SMILES string of the molecule is COc1ccc(C)cc1C(=O)NCCCN1CCN(C)CC1c1ccccc1. The van der Waals surface area contributed by atoms with Gasteiger partial charge in [-0.2, -0.15) is 0 Å². The minimum atomic E-state index is -0.0708. The minimum absolute atomic E-state index is 0.0708. The summed E-state index contributed by atoms with van der Waals surface area (Å²) >= 11 is 0. The van der Waals surface area contributed by atoms with Gasteiger partial charge >= 0.3 is 0 Å². The predicted octanol–water partition coefficient (Wildman–Crippen LogP) is 3.11. The molecule has 5 nitrogen and oxygen atoms in total. The highest BCUT2D eigenvalue weighted by molar-refractivity contribution is 5.97. The molecule has 1 N–H and O–H groups in total. The largest absolute Gasteiger partial charge is 0.496 e. The molecule has 3 rings (SSSR count). The molecule has 0 aromatic heterocycles.